The second-order valence-corrected chi connectivity index (χ2v) is 32.3. The molecule has 14 rings (SSSR count). The number of carbonyl (C=O) groups is 8. The molecule has 0 N–H and O–H groups in total. The van der Waals surface area contributed by atoms with Crippen LogP contribution in [0.15, 0.2) is 179 Å². The van der Waals surface area contributed by atoms with E-state index in [2.05, 4.69) is 50.2 Å². The molecule has 0 radical (unpaired) electrons. The lowest BCUT2D eigenvalue weighted by Gasteiger charge is -2.36. The molecule has 7 aliphatic rings. The van der Waals surface area contributed by atoms with Gasteiger partial charge in [0, 0.05) is 116 Å². The smallest absolute Gasteiger partial charge is 0.327 e. The number of ether oxygens (including phenoxy) is 4. The van der Waals surface area contributed by atoms with Gasteiger partial charge in [-0.15, -0.1) is 22.7 Å². The summed E-state index contributed by atoms with van der Waals surface area (Å²) in [4.78, 5) is 107. The number of benzene rings is 5. The number of carbonyl (C=O) groups excluding carboxylic acids is 8. The van der Waals surface area contributed by atoms with Crippen LogP contribution in [0.5, 0.6) is 0 Å². The third-order valence-corrected chi connectivity index (χ3v) is 25.7. The van der Waals surface area contributed by atoms with E-state index < -0.39 is 18.1 Å². The third kappa shape index (κ3) is 20.7. The summed E-state index contributed by atoms with van der Waals surface area (Å²) in [6.07, 6.45) is 11.2. The fourth-order valence-corrected chi connectivity index (χ4v) is 19.0. The number of hydrogen-bond donors (Lipinski definition) is 1. The predicted molar refractivity (Wildman–Crippen MR) is 422 cm³/mol. The van der Waals surface area contributed by atoms with Gasteiger partial charge in [0.1, 0.15) is 30.7 Å². The van der Waals surface area contributed by atoms with Gasteiger partial charge in [-0.3, -0.25) is 38.9 Å². The van der Waals surface area contributed by atoms with E-state index in [-0.39, 0.29) is 50.7 Å². The summed E-state index contributed by atoms with van der Waals surface area (Å²) in [6, 6.07) is 39.1. The van der Waals surface area contributed by atoms with Crippen molar-refractivity contribution in [3.63, 3.8) is 0 Å². The Labute approximate surface area is 658 Å². The van der Waals surface area contributed by atoms with Gasteiger partial charge in [-0.1, -0.05) is 173 Å². The number of esters is 3. The summed E-state index contributed by atoms with van der Waals surface area (Å²) in [5.41, 5.74) is 9.66. The van der Waals surface area contributed by atoms with Crippen LogP contribution in [0.3, 0.4) is 0 Å². The van der Waals surface area contributed by atoms with Gasteiger partial charge >= 0.3 is 17.9 Å². The highest BCUT2D eigenvalue weighted by Gasteiger charge is 2.40. The van der Waals surface area contributed by atoms with Gasteiger partial charge in [0.05, 0.1) is 39.7 Å². The van der Waals surface area contributed by atoms with Crippen LogP contribution in [-0.4, -0.2) is 161 Å². The highest BCUT2D eigenvalue weighted by atomic mass is 35.5. The number of thiol groups is 1. The van der Waals surface area contributed by atoms with Crippen molar-refractivity contribution in [2.24, 2.45) is 0 Å². The van der Waals surface area contributed by atoms with Crippen molar-refractivity contribution >= 4 is 164 Å². The third-order valence-electron chi connectivity index (χ3n) is 19.0. The van der Waals surface area contributed by atoms with Crippen molar-refractivity contribution in [3.05, 3.63) is 253 Å². The number of thiophene rings is 2. The molecule has 7 aliphatic heterocycles. The Hall–Kier alpha value is -6.42. The lowest BCUT2D eigenvalue weighted by Crippen LogP contribution is -2.42. The number of fused-ring (bicyclic) bond motifs is 4. The van der Waals surface area contributed by atoms with E-state index in [0.717, 1.165) is 123 Å². The van der Waals surface area contributed by atoms with Gasteiger partial charge in [-0.05, 0) is 153 Å². The maximum absolute atomic E-state index is 12.3. The van der Waals surface area contributed by atoms with Crippen LogP contribution < -0.4 is 0 Å². The summed E-state index contributed by atoms with van der Waals surface area (Å²) >= 11 is 42.1. The molecule has 3 saturated heterocycles. The predicted octanol–water partition coefficient (Wildman–Crippen LogP) is 15.7. The maximum Gasteiger partial charge on any atom is 0.327 e. The molecule has 5 aromatic carbocycles. The van der Waals surface area contributed by atoms with Crippen LogP contribution in [0, 0.1) is 0 Å². The van der Waals surface area contributed by atoms with E-state index in [1.165, 1.54) is 72.0 Å². The molecule has 552 valence electrons. The normalized spacial score (nSPS) is 20.5. The van der Waals surface area contributed by atoms with Gasteiger partial charge in [-0.25, -0.2) is 14.4 Å². The van der Waals surface area contributed by atoms with E-state index in [9.17, 15) is 38.4 Å². The Balaban J connectivity index is 0.000000141. The van der Waals surface area contributed by atoms with E-state index in [1.807, 2.05) is 113 Å². The van der Waals surface area contributed by atoms with E-state index in [1.54, 1.807) is 53.0 Å². The van der Waals surface area contributed by atoms with Crippen LogP contribution in [0.25, 0.3) is 0 Å². The Morgan fingerprint density at radius 1 is 0.457 bits per heavy atom. The number of thioether (sulfide) groups is 2. The molecular formula is C78H78Cl5N5O12S5. The highest BCUT2D eigenvalue weighted by Crippen LogP contribution is 2.42. The molecule has 8 atom stereocenters. The molecular weight excluding hydrogens is 1540 g/mol. The Morgan fingerprint density at radius 2 is 0.800 bits per heavy atom. The Kier molecular flexibility index (Phi) is 30.6. The number of hydrogen-bond acceptors (Lipinski definition) is 22. The molecule has 17 nitrogen and oxygen atoms in total. The SMILES string of the molecule is COC(=O)[C@H](c1ccccc1Cl)N1CCC(S)/C(=C\OC=O)C1.COC(=O)[C@H](c1ccccc1Cl)N1CCC2SC(=O)C=C2C1.COC(=O)[C@H](c1ccccc1Cl)N1CCc2sccc2C1.O=C[C@H](c1ccccc1Cl)N1CCC2SC(=O)C=C2C1.O=C[C@H](c1ccccc1Cl)N1CCc2sccc2C1. The summed E-state index contributed by atoms with van der Waals surface area (Å²) < 4.78 is 19.7. The number of halogens is 5. The number of methoxy groups -OCH3 is 3. The van der Waals surface area contributed by atoms with Gasteiger partial charge in [-0.2, -0.15) is 12.6 Å². The summed E-state index contributed by atoms with van der Waals surface area (Å²) in [6.45, 7) is 7.55. The number of aldehydes is 2. The first-order chi connectivity index (χ1) is 50.9. The summed E-state index contributed by atoms with van der Waals surface area (Å²) in [5.74, 6) is -0.975. The minimum Gasteiger partial charge on any atom is -0.468 e. The lowest BCUT2D eigenvalue weighted by atomic mass is 9.98. The van der Waals surface area contributed by atoms with Crippen LogP contribution in [0.4, 0.5) is 0 Å². The van der Waals surface area contributed by atoms with Gasteiger partial charge in [0.2, 0.25) is 10.2 Å². The van der Waals surface area contributed by atoms with Crippen molar-refractivity contribution in [2.45, 2.75) is 91.2 Å². The van der Waals surface area contributed by atoms with Crippen molar-refractivity contribution < 1.29 is 57.3 Å². The molecule has 9 heterocycles. The maximum atomic E-state index is 12.3. The van der Waals surface area contributed by atoms with Crippen molar-refractivity contribution in [3.8, 4) is 0 Å². The first-order valence-corrected chi connectivity index (χ1v) is 39.7. The fraction of sp³-hybridized carbons (Fsp3) is 0.333. The molecule has 0 amide bonds. The first kappa shape index (κ1) is 81.1. The number of likely N-dealkylation sites (tertiary alicyclic amines) is 3. The van der Waals surface area contributed by atoms with Gasteiger partial charge < -0.3 is 28.5 Å². The average Bonchev–Trinajstić information content (AvgIpc) is 1.79. The Bertz CT molecular complexity index is 4350. The minimum atomic E-state index is -0.617. The van der Waals surface area contributed by atoms with Crippen molar-refractivity contribution in [2.75, 3.05) is 73.7 Å². The quantitative estimate of drug-likeness (QED) is 0.0297. The second-order valence-electron chi connectivity index (χ2n) is 25.2. The molecule has 7 aromatic rings. The van der Waals surface area contributed by atoms with Gasteiger partial charge in [0.25, 0.3) is 6.47 Å². The molecule has 3 unspecified atom stereocenters. The molecule has 0 saturated carbocycles. The van der Waals surface area contributed by atoms with Crippen LogP contribution >= 0.6 is 117 Å². The van der Waals surface area contributed by atoms with Crippen LogP contribution in [0.1, 0.15) is 98.2 Å². The minimum absolute atomic E-state index is 0.0178. The molecule has 105 heavy (non-hydrogen) atoms. The van der Waals surface area contributed by atoms with Crippen molar-refractivity contribution in [1.82, 2.24) is 24.5 Å². The zero-order valence-electron chi connectivity index (χ0n) is 57.7. The first-order valence-electron chi connectivity index (χ1n) is 33.8. The average molecular weight is 1620 g/mol. The highest BCUT2D eigenvalue weighted by molar-refractivity contribution is 8.15. The summed E-state index contributed by atoms with van der Waals surface area (Å²) in [5, 5.41) is 7.94. The molecule has 0 bridgehead atoms. The molecule has 0 aliphatic carbocycles. The second kappa shape index (κ2) is 39.6. The van der Waals surface area contributed by atoms with Crippen LogP contribution in [-0.2, 0) is 83.2 Å². The lowest BCUT2D eigenvalue weighted by molar-refractivity contribution is -0.148. The molecule has 0 spiro atoms. The molecule has 2 aromatic heterocycles. The van der Waals surface area contributed by atoms with Crippen LogP contribution in [0.2, 0.25) is 25.1 Å². The number of piperidine rings is 3. The zero-order valence-corrected chi connectivity index (χ0v) is 65.6. The van der Waals surface area contributed by atoms with E-state index in [4.69, 9.17) is 77.0 Å². The number of rotatable bonds is 17. The zero-order chi connectivity index (χ0) is 74.7. The van der Waals surface area contributed by atoms with Gasteiger partial charge in [0.15, 0.2) is 0 Å². The van der Waals surface area contributed by atoms with Crippen molar-refractivity contribution in [1.29, 1.82) is 0 Å². The monoisotopic (exact) mass is 1610 g/mol. The number of nitrogens with zero attached hydrogens (tertiary/aromatic N) is 5. The fourth-order valence-electron chi connectivity index (χ4n) is 13.8. The standard InChI is InChI=1S/C16H18ClNO4S.C16H16ClNO3S.C16H16ClNO2S.C15H14ClNO2S.C15H14ClNOS/c1-21-16(20)15(12-4-2-3-5-13(12)17)18-7-6-14(23)11(8-18)9-22-10-19;1-21-16(20)15(11-4-2-3-5-12(11)17)18-7-6-13-10(9-18)8-14(19)22-13;1-20-16(19)15(12-4-2-3-5-13(12)17)18-8-6-14-11(10-18)7-9-21-14;16-12-4-2-1-3-11(12)13(9-18)17-6-5-14-10(8-17)7-15(19)20-14;16-13-4-2-1-3-12(13)14(10-18)17-7-5-15-11(9-17)6-8-19-15/h2-5,9-10,14-15,23H,6-8H2,1H3;2-5,8,13,15H,6-7,9H2,1H3;2-5,7,9,15H,6,8,10H2,1H3;1-4,7,9,13-14H,5-6,8H2;1-4,6,8,10,14H,5,7,9H2/b11-9-;;;;/t14?,15-;13?,15-;15-;13-,14?;14-/m00011/s1. The summed E-state index contributed by atoms with van der Waals surface area (Å²) in [7, 11) is 4.16. The largest absolute Gasteiger partial charge is 0.468 e. The Morgan fingerprint density at radius 3 is 1.20 bits per heavy atom. The van der Waals surface area contributed by atoms with E-state index in [0.29, 0.717) is 68.6 Å². The van der Waals surface area contributed by atoms with E-state index >= 15 is 0 Å². The molecule has 3 fully saturated rings. The molecule has 27 heteroatoms. The topological polar surface area (TPSA) is 190 Å².